The van der Waals surface area contributed by atoms with Crippen LogP contribution in [0.1, 0.15) is 28.5 Å². The lowest BCUT2D eigenvalue weighted by atomic mass is 10.0. The van der Waals surface area contributed by atoms with Gasteiger partial charge in [0.25, 0.3) is 0 Å². The Bertz CT molecular complexity index is 2800. The molecule has 5 N–H and O–H groups in total. The van der Waals surface area contributed by atoms with Gasteiger partial charge in [0.1, 0.15) is 23.0 Å². The van der Waals surface area contributed by atoms with Gasteiger partial charge in [0, 0.05) is 22.1 Å². The number of aromatic hydroxyl groups is 2. The molecule has 0 unspecified atom stereocenters. The SMILES string of the molecule is Cc1noc(C)c1-c1c(-c2ncon2)c2ccccc2n1-c1ccc(O)cc1.Cc1noc(C)c1-c1c(/C(N)=N/O)c2ccccc2n1-c1ccc(O)cc1. The minimum absolute atomic E-state index is 0.00118. The van der Waals surface area contributed by atoms with Crippen molar-refractivity contribution in [3.63, 3.8) is 0 Å². The highest BCUT2D eigenvalue weighted by Gasteiger charge is 2.29. The van der Waals surface area contributed by atoms with E-state index in [2.05, 4.69) is 30.2 Å². The number of rotatable bonds is 6. The third kappa shape index (κ3) is 5.81. The van der Waals surface area contributed by atoms with Crippen LogP contribution in [0.2, 0.25) is 0 Å². The van der Waals surface area contributed by atoms with Crippen molar-refractivity contribution in [3.05, 3.63) is 132 Å². The molecule has 0 fully saturated rings. The van der Waals surface area contributed by atoms with Crippen LogP contribution in [0.3, 0.4) is 0 Å². The fourth-order valence-electron chi connectivity index (χ4n) is 7.15. The molecule has 9 aromatic rings. The summed E-state index contributed by atoms with van der Waals surface area (Å²) in [6.45, 7) is 7.46. The van der Waals surface area contributed by atoms with E-state index in [1.807, 2.05) is 92.9 Å². The first-order chi connectivity index (χ1) is 26.7. The van der Waals surface area contributed by atoms with E-state index in [1.165, 1.54) is 6.39 Å². The second kappa shape index (κ2) is 13.7. The largest absolute Gasteiger partial charge is 0.508 e. The molecule has 0 aliphatic rings. The van der Waals surface area contributed by atoms with Crippen LogP contribution >= 0.6 is 0 Å². The molecular formula is C41H34N8O6. The highest BCUT2D eigenvalue weighted by Crippen LogP contribution is 2.44. The van der Waals surface area contributed by atoms with Gasteiger partial charge in [0.2, 0.25) is 12.2 Å². The quantitative estimate of drug-likeness (QED) is 0.0554. The summed E-state index contributed by atoms with van der Waals surface area (Å²) in [7, 11) is 0. The van der Waals surface area contributed by atoms with Crippen LogP contribution in [0.15, 0.2) is 122 Å². The van der Waals surface area contributed by atoms with Crippen LogP contribution in [0.5, 0.6) is 11.5 Å². The molecule has 14 heteroatoms. The fraction of sp³-hybridized carbons (Fsp3) is 0.0976. The monoisotopic (exact) mass is 734 g/mol. The van der Waals surface area contributed by atoms with Crippen LogP contribution in [-0.2, 0) is 0 Å². The molecule has 0 amide bonds. The third-order valence-corrected chi connectivity index (χ3v) is 9.45. The zero-order valence-electron chi connectivity index (χ0n) is 30.1. The molecule has 0 aliphatic carbocycles. The molecule has 5 aromatic heterocycles. The van der Waals surface area contributed by atoms with Crippen molar-refractivity contribution in [1.29, 1.82) is 0 Å². The highest BCUT2D eigenvalue weighted by molar-refractivity contribution is 6.15. The molecule has 0 aliphatic heterocycles. The Kier molecular flexibility index (Phi) is 8.61. The predicted molar refractivity (Wildman–Crippen MR) is 206 cm³/mol. The average molecular weight is 735 g/mol. The van der Waals surface area contributed by atoms with Crippen molar-refractivity contribution < 1.29 is 29.0 Å². The second-order valence-electron chi connectivity index (χ2n) is 12.8. The molecule has 0 saturated carbocycles. The molecule has 0 bridgehead atoms. The van der Waals surface area contributed by atoms with Crippen molar-refractivity contribution in [2.45, 2.75) is 27.7 Å². The van der Waals surface area contributed by atoms with Gasteiger partial charge in [-0.15, -0.1) is 0 Å². The van der Waals surface area contributed by atoms with Crippen LogP contribution in [0.4, 0.5) is 0 Å². The number of nitrogens with zero attached hydrogens (tertiary/aromatic N) is 7. The molecular weight excluding hydrogens is 701 g/mol. The number of hydrogen-bond acceptors (Lipinski definition) is 11. The molecule has 274 valence electrons. The molecule has 55 heavy (non-hydrogen) atoms. The lowest BCUT2D eigenvalue weighted by Gasteiger charge is -2.12. The number of aromatic nitrogens is 6. The van der Waals surface area contributed by atoms with Gasteiger partial charge in [-0.25, -0.2) is 0 Å². The number of amidine groups is 1. The Labute approximate surface area is 312 Å². The fourth-order valence-corrected chi connectivity index (χ4v) is 7.15. The van der Waals surface area contributed by atoms with E-state index in [1.54, 1.807) is 36.4 Å². The van der Waals surface area contributed by atoms with E-state index < -0.39 is 0 Å². The Morgan fingerprint density at radius 2 is 1.11 bits per heavy atom. The van der Waals surface area contributed by atoms with Crippen LogP contribution < -0.4 is 5.73 Å². The zero-order chi connectivity index (χ0) is 38.4. The molecule has 14 nitrogen and oxygen atoms in total. The average Bonchev–Trinajstić information content (AvgIpc) is 4.03. The number of para-hydroxylation sites is 2. The number of nitrogens with two attached hydrogens (primary N) is 1. The van der Waals surface area contributed by atoms with Gasteiger partial charge in [0.15, 0.2) is 5.84 Å². The normalized spacial score (nSPS) is 11.7. The Morgan fingerprint density at radius 1 is 0.618 bits per heavy atom. The summed E-state index contributed by atoms with van der Waals surface area (Å²) in [5.74, 6) is 2.19. The molecule has 0 atom stereocenters. The van der Waals surface area contributed by atoms with Gasteiger partial charge in [-0.3, -0.25) is 0 Å². The van der Waals surface area contributed by atoms with Crippen molar-refractivity contribution in [2.75, 3.05) is 0 Å². The topological polar surface area (TPSA) is 200 Å². The number of benzene rings is 4. The molecule has 9 rings (SSSR count). The number of phenolic OH excluding ortho intramolecular Hbond substituents is 2. The number of phenols is 2. The van der Waals surface area contributed by atoms with Crippen molar-refractivity contribution >= 4 is 27.6 Å². The van der Waals surface area contributed by atoms with Gasteiger partial charge in [-0.05, 0) is 88.4 Å². The molecule has 0 radical (unpaired) electrons. The van der Waals surface area contributed by atoms with E-state index in [-0.39, 0.29) is 17.3 Å². The maximum Gasteiger partial charge on any atom is 0.214 e. The molecule has 0 spiro atoms. The Hall–Kier alpha value is -7.61. The highest BCUT2D eigenvalue weighted by atomic mass is 16.5. The summed E-state index contributed by atoms with van der Waals surface area (Å²) < 4.78 is 20.0. The Balaban J connectivity index is 0.000000155. The first kappa shape index (κ1) is 34.5. The summed E-state index contributed by atoms with van der Waals surface area (Å²) >= 11 is 0. The van der Waals surface area contributed by atoms with Crippen molar-refractivity contribution in [2.24, 2.45) is 10.9 Å². The number of hydrogen-bond donors (Lipinski definition) is 4. The molecule has 5 heterocycles. The van der Waals surface area contributed by atoms with Gasteiger partial charge in [-0.1, -0.05) is 57.0 Å². The minimum Gasteiger partial charge on any atom is -0.508 e. The van der Waals surface area contributed by atoms with Crippen LogP contribution in [0.25, 0.3) is 67.1 Å². The van der Waals surface area contributed by atoms with Crippen molar-refractivity contribution in [1.82, 2.24) is 29.6 Å². The summed E-state index contributed by atoms with van der Waals surface area (Å²) in [6.07, 6.45) is 1.32. The number of aryl methyl sites for hydroxylation is 4. The maximum absolute atomic E-state index is 9.75. The van der Waals surface area contributed by atoms with E-state index in [9.17, 15) is 15.4 Å². The number of fused-ring (bicyclic) bond motifs is 2. The predicted octanol–water partition coefficient (Wildman–Crippen LogP) is 8.36. The standard InChI is InChI=1S/C21H16N4O3.C20H18N4O3/c1-12-18(13(2)28-23-12)20-19(21-22-11-27-24-21)16-5-3-4-6-17(16)25(20)14-7-9-15(26)10-8-14;1-11-17(12(2)27-23-11)19-18(20(21)22-26)15-5-3-4-6-16(15)24(19)13-7-9-14(25)10-8-13/h3-11,26H,1-2H3;3-10,25-26H,1-2H3,(H2,21,22). The van der Waals surface area contributed by atoms with Gasteiger partial charge in [0.05, 0.1) is 56.1 Å². The summed E-state index contributed by atoms with van der Waals surface area (Å²) in [5.41, 5.74) is 15.8. The summed E-state index contributed by atoms with van der Waals surface area (Å²) in [4.78, 5) is 4.31. The summed E-state index contributed by atoms with van der Waals surface area (Å²) in [5, 5.41) is 46.2. The first-order valence-corrected chi connectivity index (χ1v) is 17.1. The van der Waals surface area contributed by atoms with Crippen LogP contribution in [0, 0.1) is 27.7 Å². The smallest absolute Gasteiger partial charge is 0.214 e. The van der Waals surface area contributed by atoms with E-state index in [0.717, 1.165) is 61.3 Å². The van der Waals surface area contributed by atoms with Crippen LogP contribution in [-0.4, -0.2) is 50.8 Å². The lowest BCUT2D eigenvalue weighted by Crippen LogP contribution is -2.14. The third-order valence-electron chi connectivity index (χ3n) is 9.45. The van der Waals surface area contributed by atoms with Crippen molar-refractivity contribution in [3.8, 4) is 56.8 Å². The second-order valence-corrected chi connectivity index (χ2v) is 12.8. The van der Waals surface area contributed by atoms with E-state index in [4.69, 9.17) is 19.3 Å². The minimum atomic E-state index is -0.00118. The first-order valence-electron chi connectivity index (χ1n) is 17.1. The van der Waals surface area contributed by atoms with E-state index in [0.29, 0.717) is 34.3 Å². The number of oxime groups is 1. The lowest BCUT2D eigenvalue weighted by molar-refractivity contribution is 0.318. The zero-order valence-corrected chi connectivity index (χ0v) is 30.1. The van der Waals surface area contributed by atoms with E-state index >= 15 is 0 Å². The Morgan fingerprint density at radius 3 is 1.60 bits per heavy atom. The van der Waals surface area contributed by atoms with Gasteiger partial charge in [-0.2, -0.15) is 4.98 Å². The maximum atomic E-state index is 9.75. The summed E-state index contributed by atoms with van der Waals surface area (Å²) in [6, 6.07) is 29.6. The molecule has 0 saturated heterocycles. The van der Waals surface area contributed by atoms with Gasteiger partial charge < -0.3 is 43.9 Å². The molecule has 4 aromatic carbocycles. The van der Waals surface area contributed by atoms with Gasteiger partial charge >= 0.3 is 0 Å².